The van der Waals surface area contributed by atoms with Gasteiger partial charge in [0.05, 0.1) is 11.4 Å². The Labute approximate surface area is 101 Å². The number of hydrogen-bond donors (Lipinski definition) is 1. The third kappa shape index (κ3) is 2.01. The summed E-state index contributed by atoms with van der Waals surface area (Å²) in [5.74, 6) is -0.641. The summed E-state index contributed by atoms with van der Waals surface area (Å²) in [6.07, 6.45) is 0. The second-order valence-electron chi connectivity index (χ2n) is 3.23. The molecule has 1 aromatic rings. The Bertz CT molecular complexity index is 434. The normalized spacial score (nSPS) is 20.2. The third-order valence-corrected chi connectivity index (χ3v) is 3.70. The van der Waals surface area contributed by atoms with Gasteiger partial charge in [-0.3, -0.25) is 4.79 Å². The van der Waals surface area contributed by atoms with Gasteiger partial charge in [-0.2, -0.15) is 0 Å². The number of thioether (sulfide) groups is 1. The van der Waals surface area contributed by atoms with E-state index in [1.165, 1.54) is 28.8 Å². The van der Waals surface area contributed by atoms with Gasteiger partial charge in [0.25, 0.3) is 5.91 Å². The van der Waals surface area contributed by atoms with Crippen LogP contribution in [0.5, 0.6) is 0 Å². The molecule has 0 radical (unpaired) electrons. The molecule has 1 saturated heterocycles. The SMILES string of the molecule is O=C(O)c1ccc(N2CSC(Cl)C2=O)cc1. The number of rotatable bonds is 2. The molecule has 1 unspecified atom stereocenters. The van der Waals surface area contributed by atoms with E-state index in [0.717, 1.165) is 0 Å². The van der Waals surface area contributed by atoms with E-state index in [0.29, 0.717) is 11.6 Å². The molecule has 84 valence electrons. The van der Waals surface area contributed by atoms with Gasteiger partial charge in [0, 0.05) is 5.69 Å². The molecule has 1 fully saturated rings. The minimum absolute atomic E-state index is 0.158. The molecule has 0 bridgehead atoms. The highest BCUT2D eigenvalue weighted by Gasteiger charge is 2.31. The number of benzene rings is 1. The van der Waals surface area contributed by atoms with Gasteiger partial charge in [0.1, 0.15) is 0 Å². The number of carboxylic acid groups (broad SMARTS) is 1. The molecule has 1 atom stereocenters. The highest BCUT2D eigenvalue weighted by molar-refractivity contribution is 8.02. The van der Waals surface area contributed by atoms with Crippen LogP contribution in [0, 0.1) is 0 Å². The molecule has 1 aliphatic heterocycles. The van der Waals surface area contributed by atoms with E-state index in [1.54, 1.807) is 12.1 Å². The van der Waals surface area contributed by atoms with Crippen molar-refractivity contribution in [3.63, 3.8) is 0 Å². The van der Waals surface area contributed by atoms with Crippen molar-refractivity contribution in [1.29, 1.82) is 0 Å². The first-order valence-corrected chi connectivity index (χ1v) is 5.98. The molecule has 2 rings (SSSR count). The van der Waals surface area contributed by atoms with E-state index in [1.807, 2.05) is 0 Å². The molecule has 6 heteroatoms. The number of amides is 1. The van der Waals surface area contributed by atoms with E-state index in [2.05, 4.69) is 0 Å². The Balaban J connectivity index is 2.22. The quantitative estimate of drug-likeness (QED) is 0.823. The minimum atomic E-state index is -0.983. The first-order valence-electron chi connectivity index (χ1n) is 4.50. The number of halogens is 1. The summed E-state index contributed by atoms with van der Waals surface area (Å²) in [7, 11) is 0. The van der Waals surface area contributed by atoms with Crippen LogP contribution in [-0.4, -0.2) is 27.6 Å². The van der Waals surface area contributed by atoms with Gasteiger partial charge in [-0.05, 0) is 24.3 Å². The molecule has 1 aromatic carbocycles. The number of nitrogens with zero attached hydrogens (tertiary/aromatic N) is 1. The molecule has 1 heterocycles. The third-order valence-electron chi connectivity index (χ3n) is 2.24. The van der Waals surface area contributed by atoms with Gasteiger partial charge in [-0.1, -0.05) is 0 Å². The molecule has 0 spiro atoms. The van der Waals surface area contributed by atoms with E-state index < -0.39 is 10.7 Å². The first kappa shape index (κ1) is 11.3. The van der Waals surface area contributed by atoms with E-state index in [4.69, 9.17) is 16.7 Å². The minimum Gasteiger partial charge on any atom is -0.478 e. The molecular formula is C10H8ClNO3S. The zero-order valence-corrected chi connectivity index (χ0v) is 9.66. The summed E-state index contributed by atoms with van der Waals surface area (Å²) < 4.78 is -0.542. The van der Waals surface area contributed by atoms with Gasteiger partial charge < -0.3 is 10.0 Å². The zero-order chi connectivity index (χ0) is 11.7. The summed E-state index contributed by atoms with van der Waals surface area (Å²) in [5.41, 5.74) is 0.871. The Morgan fingerprint density at radius 1 is 1.44 bits per heavy atom. The molecule has 1 aliphatic rings. The van der Waals surface area contributed by atoms with Gasteiger partial charge in [0.15, 0.2) is 4.71 Å². The van der Waals surface area contributed by atoms with Crippen LogP contribution in [0.3, 0.4) is 0 Å². The standard InChI is InChI=1S/C10H8ClNO3S/c11-8-9(13)12(5-16-8)7-3-1-6(2-4-7)10(14)15/h1-4,8H,5H2,(H,14,15). The van der Waals surface area contributed by atoms with Crippen molar-refractivity contribution in [2.24, 2.45) is 0 Å². The lowest BCUT2D eigenvalue weighted by atomic mass is 10.2. The average Bonchev–Trinajstić information content (AvgIpc) is 2.60. The van der Waals surface area contributed by atoms with Crippen LogP contribution in [0.4, 0.5) is 5.69 Å². The maximum absolute atomic E-state index is 11.6. The summed E-state index contributed by atoms with van der Waals surface area (Å²) >= 11 is 7.11. The molecule has 4 nitrogen and oxygen atoms in total. The second kappa shape index (κ2) is 4.35. The molecule has 0 saturated carbocycles. The van der Waals surface area contributed by atoms with Crippen molar-refractivity contribution in [3.05, 3.63) is 29.8 Å². The van der Waals surface area contributed by atoms with Crippen molar-refractivity contribution < 1.29 is 14.7 Å². The van der Waals surface area contributed by atoms with Crippen molar-refractivity contribution in [2.75, 3.05) is 10.8 Å². The van der Waals surface area contributed by atoms with Crippen molar-refractivity contribution in [2.45, 2.75) is 4.71 Å². The number of carbonyl (C=O) groups is 2. The maximum Gasteiger partial charge on any atom is 0.335 e. The molecule has 1 N–H and O–H groups in total. The number of anilines is 1. The zero-order valence-electron chi connectivity index (χ0n) is 8.09. The largest absolute Gasteiger partial charge is 0.478 e. The fourth-order valence-corrected chi connectivity index (χ4v) is 2.50. The maximum atomic E-state index is 11.6. The first-order chi connectivity index (χ1) is 7.59. The predicted molar refractivity (Wildman–Crippen MR) is 63.0 cm³/mol. The van der Waals surface area contributed by atoms with Crippen LogP contribution in [0.15, 0.2) is 24.3 Å². The van der Waals surface area contributed by atoms with Gasteiger partial charge in [0.2, 0.25) is 0 Å². The van der Waals surface area contributed by atoms with E-state index in [-0.39, 0.29) is 11.5 Å². The lowest BCUT2D eigenvalue weighted by molar-refractivity contribution is -0.116. The molecular weight excluding hydrogens is 250 g/mol. The number of alkyl halides is 1. The van der Waals surface area contributed by atoms with Crippen molar-refractivity contribution in [3.8, 4) is 0 Å². The summed E-state index contributed by atoms with van der Waals surface area (Å²) in [6, 6.07) is 6.15. The smallest absolute Gasteiger partial charge is 0.335 e. The van der Waals surface area contributed by atoms with Crippen LogP contribution in [0.1, 0.15) is 10.4 Å². The lowest BCUT2D eigenvalue weighted by Gasteiger charge is -2.14. The average molecular weight is 258 g/mol. The summed E-state index contributed by atoms with van der Waals surface area (Å²) in [5, 5.41) is 8.73. The fourth-order valence-electron chi connectivity index (χ4n) is 1.38. The topological polar surface area (TPSA) is 57.6 Å². The van der Waals surface area contributed by atoms with Crippen molar-refractivity contribution in [1.82, 2.24) is 0 Å². The molecule has 1 amide bonds. The van der Waals surface area contributed by atoms with Crippen LogP contribution in [0.2, 0.25) is 0 Å². The highest BCUT2D eigenvalue weighted by Crippen LogP contribution is 2.31. The number of carbonyl (C=O) groups excluding carboxylic acids is 1. The van der Waals surface area contributed by atoms with Crippen LogP contribution < -0.4 is 4.90 Å². The Morgan fingerprint density at radius 3 is 2.50 bits per heavy atom. The number of carboxylic acids is 1. The van der Waals surface area contributed by atoms with Crippen LogP contribution in [-0.2, 0) is 4.79 Å². The molecule has 0 aliphatic carbocycles. The number of hydrogen-bond acceptors (Lipinski definition) is 3. The van der Waals surface area contributed by atoms with Crippen LogP contribution >= 0.6 is 23.4 Å². The second-order valence-corrected chi connectivity index (χ2v) is 4.99. The van der Waals surface area contributed by atoms with E-state index in [9.17, 15) is 9.59 Å². The molecule has 16 heavy (non-hydrogen) atoms. The van der Waals surface area contributed by atoms with Crippen LogP contribution in [0.25, 0.3) is 0 Å². The number of aromatic carboxylic acids is 1. The summed E-state index contributed by atoms with van der Waals surface area (Å²) in [4.78, 5) is 23.8. The van der Waals surface area contributed by atoms with E-state index >= 15 is 0 Å². The van der Waals surface area contributed by atoms with Gasteiger partial charge >= 0.3 is 5.97 Å². The fraction of sp³-hybridized carbons (Fsp3) is 0.200. The Kier molecular flexibility index (Phi) is 3.07. The monoisotopic (exact) mass is 257 g/mol. The van der Waals surface area contributed by atoms with Crippen molar-refractivity contribution >= 4 is 40.9 Å². The Hall–Kier alpha value is -1.20. The molecule has 0 aromatic heterocycles. The Morgan fingerprint density at radius 2 is 2.06 bits per heavy atom. The van der Waals surface area contributed by atoms with Gasteiger partial charge in [-0.25, -0.2) is 4.79 Å². The van der Waals surface area contributed by atoms with Gasteiger partial charge in [-0.15, -0.1) is 23.4 Å². The highest BCUT2D eigenvalue weighted by atomic mass is 35.5. The summed E-state index contributed by atoms with van der Waals surface area (Å²) in [6.45, 7) is 0. The predicted octanol–water partition coefficient (Wildman–Crippen LogP) is 1.99. The lowest BCUT2D eigenvalue weighted by Crippen LogP contribution is -2.27.